The number of Topliss-reactive ketones (excluding diaryl/α,β-unsaturated/α-hetero) is 1. The number of hydrogen-bond acceptors (Lipinski definition) is 4. The van der Waals surface area contributed by atoms with Crippen LogP contribution in [0.5, 0.6) is 5.75 Å². The van der Waals surface area contributed by atoms with Crippen molar-refractivity contribution < 1.29 is 27.9 Å². The van der Waals surface area contributed by atoms with Gasteiger partial charge in [-0.2, -0.15) is 0 Å². The molecule has 1 aliphatic heterocycles. The van der Waals surface area contributed by atoms with Gasteiger partial charge < -0.3 is 15.4 Å². The summed E-state index contributed by atoms with van der Waals surface area (Å²) in [5.74, 6) is -2.41. The Hall–Kier alpha value is -3.07. The molecule has 1 aliphatic rings. The highest BCUT2D eigenvalue weighted by Gasteiger charge is 2.32. The molecular weight excluding hydrogens is 446 g/mol. The van der Waals surface area contributed by atoms with Gasteiger partial charge in [0.05, 0.1) is 21.1 Å². The molecule has 0 spiro atoms. The summed E-state index contributed by atoms with van der Waals surface area (Å²) >= 11 is 0. The molecule has 0 saturated carbocycles. The number of nitrogens with one attached hydrogen (secondary N) is 2. The largest absolute Gasteiger partial charge is 0.497 e. The number of ketones is 1. The maximum absolute atomic E-state index is 14.7. The first-order valence-corrected chi connectivity index (χ1v) is 14.2. The smallest absolute Gasteiger partial charge is 0.226 e. The Morgan fingerprint density at radius 3 is 2.24 bits per heavy atom. The summed E-state index contributed by atoms with van der Waals surface area (Å²) in [6.07, 6.45) is -0.220. The molecule has 2 atom stereocenters. The number of amides is 2. The van der Waals surface area contributed by atoms with Gasteiger partial charge in [0.25, 0.3) is 0 Å². The van der Waals surface area contributed by atoms with Crippen molar-refractivity contribution in [2.24, 2.45) is 5.92 Å². The zero-order valence-electron chi connectivity index (χ0n) is 19.1. The fraction of sp³-hybridized carbons (Fsp3) is 0.375. The van der Waals surface area contributed by atoms with Crippen molar-refractivity contribution in [3.05, 3.63) is 59.2 Å². The lowest BCUT2D eigenvalue weighted by Gasteiger charge is -2.21. The quantitative estimate of drug-likeness (QED) is 0.576. The van der Waals surface area contributed by atoms with Gasteiger partial charge in [-0.15, -0.1) is 0 Å². The average Bonchev–Trinajstić information content (AvgIpc) is 3.16. The molecule has 3 rings (SSSR count). The van der Waals surface area contributed by atoms with Crippen LogP contribution in [-0.4, -0.2) is 39.3 Å². The SMILES string of the molecule is COc1ccc(C(NC(=O)C2CNC(=O)C2)C(=O)Cc2cc(F)c([Si](C)(C)C)c(F)c2)cc1. The molecule has 2 amide bonds. The van der Waals surface area contributed by atoms with Gasteiger partial charge in [-0.1, -0.05) is 31.8 Å². The Kier molecular flexibility index (Phi) is 7.31. The monoisotopic (exact) mass is 474 g/mol. The molecule has 9 heteroatoms. The van der Waals surface area contributed by atoms with E-state index in [-0.39, 0.29) is 36.0 Å². The molecule has 0 aliphatic carbocycles. The van der Waals surface area contributed by atoms with Gasteiger partial charge in [0.15, 0.2) is 5.78 Å². The lowest BCUT2D eigenvalue weighted by molar-refractivity contribution is -0.130. The zero-order valence-corrected chi connectivity index (χ0v) is 20.1. The lowest BCUT2D eigenvalue weighted by atomic mass is 9.96. The van der Waals surface area contributed by atoms with E-state index in [1.807, 2.05) is 19.6 Å². The van der Waals surface area contributed by atoms with E-state index in [0.29, 0.717) is 11.3 Å². The molecule has 6 nitrogen and oxygen atoms in total. The van der Waals surface area contributed by atoms with Crippen LogP contribution < -0.4 is 20.6 Å². The number of hydrogen-bond donors (Lipinski definition) is 2. The molecule has 2 aromatic rings. The maximum Gasteiger partial charge on any atom is 0.226 e. The summed E-state index contributed by atoms with van der Waals surface area (Å²) in [6.45, 7) is 5.73. The Morgan fingerprint density at radius 2 is 1.76 bits per heavy atom. The highest BCUT2D eigenvalue weighted by molar-refractivity contribution is 6.88. The molecule has 2 unspecified atom stereocenters. The Balaban J connectivity index is 1.87. The first-order chi connectivity index (χ1) is 15.5. The van der Waals surface area contributed by atoms with Crippen molar-refractivity contribution in [2.75, 3.05) is 13.7 Å². The van der Waals surface area contributed by atoms with E-state index in [9.17, 15) is 23.2 Å². The second-order valence-electron chi connectivity index (χ2n) is 9.25. The van der Waals surface area contributed by atoms with Gasteiger partial charge in [0.1, 0.15) is 23.4 Å². The summed E-state index contributed by atoms with van der Waals surface area (Å²) < 4.78 is 34.5. The maximum atomic E-state index is 14.7. The van der Waals surface area contributed by atoms with Crippen LogP contribution in [0.1, 0.15) is 23.6 Å². The third-order valence-electron chi connectivity index (χ3n) is 5.64. The van der Waals surface area contributed by atoms with Crippen molar-refractivity contribution in [2.45, 2.75) is 38.5 Å². The summed E-state index contributed by atoms with van der Waals surface area (Å²) in [5, 5.41) is 5.41. The molecule has 1 heterocycles. The van der Waals surface area contributed by atoms with Crippen molar-refractivity contribution in [1.82, 2.24) is 10.6 Å². The summed E-state index contributed by atoms with van der Waals surface area (Å²) in [7, 11) is -0.738. The number of benzene rings is 2. The number of carbonyl (C=O) groups excluding carboxylic acids is 3. The van der Waals surface area contributed by atoms with E-state index in [1.54, 1.807) is 24.3 Å². The highest BCUT2D eigenvalue weighted by atomic mass is 28.3. The van der Waals surface area contributed by atoms with E-state index in [4.69, 9.17) is 4.74 Å². The van der Waals surface area contributed by atoms with E-state index >= 15 is 0 Å². The van der Waals surface area contributed by atoms with Crippen LogP contribution in [0.2, 0.25) is 19.6 Å². The minimum Gasteiger partial charge on any atom is -0.497 e. The van der Waals surface area contributed by atoms with Gasteiger partial charge in [-0.3, -0.25) is 14.4 Å². The van der Waals surface area contributed by atoms with E-state index in [1.165, 1.54) is 19.2 Å². The van der Waals surface area contributed by atoms with E-state index < -0.39 is 43.4 Å². The molecule has 0 radical (unpaired) electrons. The lowest BCUT2D eigenvalue weighted by Crippen LogP contribution is -2.42. The van der Waals surface area contributed by atoms with Crippen LogP contribution >= 0.6 is 0 Å². The Morgan fingerprint density at radius 1 is 1.15 bits per heavy atom. The number of methoxy groups -OCH3 is 1. The molecule has 1 saturated heterocycles. The predicted molar refractivity (Wildman–Crippen MR) is 123 cm³/mol. The van der Waals surface area contributed by atoms with Crippen molar-refractivity contribution in [3.63, 3.8) is 0 Å². The number of carbonyl (C=O) groups is 3. The third-order valence-corrected chi connectivity index (χ3v) is 7.61. The third kappa shape index (κ3) is 5.84. The Bertz CT molecular complexity index is 1040. The number of ether oxygens (including phenoxy) is 1. The summed E-state index contributed by atoms with van der Waals surface area (Å²) in [4.78, 5) is 37.4. The van der Waals surface area contributed by atoms with E-state index in [2.05, 4.69) is 10.6 Å². The fourth-order valence-electron chi connectivity index (χ4n) is 3.94. The van der Waals surface area contributed by atoms with Crippen molar-refractivity contribution in [3.8, 4) is 5.75 Å². The minimum atomic E-state index is -2.25. The Labute approximate surface area is 192 Å². The van der Waals surface area contributed by atoms with Crippen LogP contribution in [0, 0.1) is 17.6 Å². The van der Waals surface area contributed by atoms with Crippen molar-refractivity contribution in [1.29, 1.82) is 0 Å². The zero-order chi connectivity index (χ0) is 24.3. The first kappa shape index (κ1) is 24.6. The van der Waals surface area contributed by atoms with E-state index in [0.717, 1.165) is 0 Å². The second-order valence-corrected chi connectivity index (χ2v) is 14.2. The molecule has 0 bridgehead atoms. The molecule has 2 N–H and O–H groups in total. The van der Waals surface area contributed by atoms with Gasteiger partial charge >= 0.3 is 0 Å². The molecular formula is C24H28F2N2O4Si. The van der Waals surface area contributed by atoms with Gasteiger partial charge in [-0.05, 0) is 35.4 Å². The molecule has 176 valence electrons. The van der Waals surface area contributed by atoms with Gasteiger partial charge in [-0.25, -0.2) is 8.78 Å². The number of rotatable bonds is 8. The van der Waals surface area contributed by atoms with Crippen LogP contribution in [-0.2, 0) is 20.8 Å². The average molecular weight is 475 g/mol. The molecule has 1 fully saturated rings. The summed E-state index contributed by atoms with van der Waals surface area (Å²) in [5.41, 5.74) is 0.702. The number of halogens is 2. The summed E-state index contributed by atoms with van der Waals surface area (Å²) in [6, 6.07) is 7.96. The minimum absolute atomic E-state index is 0.0456. The molecule has 2 aromatic carbocycles. The normalized spacial score (nSPS) is 16.8. The van der Waals surface area contributed by atoms with Gasteiger partial charge in [0, 0.05) is 24.6 Å². The molecule has 33 heavy (non-hydrogen) atoms. The highest BCUT2D eigenvalue weighted by Crippen LogP contribution is 2.22. The van der Waals surface area contributed by atoms with Crippen LogP contribution in [0.15, 0.2) is 36.4 Å². The first-order valence-electron chi connectivity index (χ1n) is 10.7. The van der Waals surface area contributed by atoms with Crippen LogP contribution in [0.4, 0.5) is 8.78 Å². The van der Waals surface area contributed by atoms with Crippen molar-refractivity contribution >= 4 is 30.9 Å². The molecule has 0 aromatic heterocycles. The predicted octanol–water partition coefficient (Wildman–Crippen LogP) is 2.62. The van der Waals surface area contributed by atoms with Crippen LogP contribution in [0.25, 0.3) is 0 Å². The standard InChI is InChI=1S/C24H28F2N2O4Si/c1-32-17-7-5-15(6-8-17)22(28-24(31)16-12-21(30)27-13-16)20(29)11-14-9-18(25)23(19(26)10-14)33(2,3)4/h5-10,16,22H,11-13H2,1-4H3,(H,27,30)(H,28,31). The second kappa shape index (κ2) is 9.82. The topological polar surface area (TPSA) is 84.5 Å². The van der Waals surface area contributed by atoms with Crippen LogP contribution in [0.3, 0.4) is 0 Å². The fourth-order valence-corrected chi connectivity index (χ4v) is 5.52. The van der Waals surface area contributed by atoms with Gasteiger partial charge in [0.2, 0.25) is 11.8 Å².